The van der Waals surface area contributed by atoms with Crippen molar-refractivity contribution < 1.29 is 0 Å². The fourth-order valence-corrected chi connectivity index (χ4v) is 5.83. The number of piperidine rings is 1. The van der Waals surface area contributed by atoms with Gasteiger partial charge in [0.25, 0.3) is 5.56 Å². The van der Waals surface area contributed by atoms with E-state index >= 15 is 0 Å². The summed E-state index contributed by atoms with van der Waals surface area (Å²) >= 11 is 6.23. The van der Waals surface area contributed by atoms with Crippen molar-refractivity contribution in [2.75, 3.05) is 25.5 Å². The van der Waals surface area contributed by atoms with E-state index in [4.69, 9.17) is 16.7 Å². The zero-order valence-electron chi connectivity index (χ0n) is 22.7. The summed E-state index contributed by atoms with van der Waals surface area (Å²) in [6.45, 7) is 6.11. The third-order valence-electron chi connectivity index (χ3n) is 7.66. The number of likely N-dealkylation sites (tertiary alicyclic amines) is 1. The van der Waals surface area contributed by atoms with Crippen LogP contribution in [0.25, 0.3) is 33.3 Å². The lowest BCUT2D eigenvalue weighted by atomic mass is 9.95. The molecule has 5 aromatic rings. The Kier molecular flexibility index (Phi) is 6.35. The molecule has 6 rings (SSSR count). The van der Waals surface area contributed by atoms with Gasteiger partial charge >= 0.3 is 0 Å². The van der Waals surface area contributed by atoms with E-state index in [9.17, 15) is 4.79 Å². The van der Waals surface area contributed by atoms with Crippen LogP contribution in [-0.2, 0) is 14.1 Å². The van der Waals surface area contributed by atoms with Gasteiger partial charge in [-0.2, -0.15) is 9.90 Å². The first kappa shape index (κ1) is 25.4. The maximum Gasteiger partial charge on any atom is 0.259 e. The van der Waals surface area contributed by atoms with Gasteiger partial charge in [-0.15, -0.1) is 10.2 Å². The minimum atomic E-state index is -0.187. The average Bonchev–Trinajstić information content (AvgIpc) is 3.55. The predicted molar refractivity (Wildman–Crippen MR) is 152 cm³/mol. The van der Waals surface area contributed by atoms with Crippen LogP contribution in [0.15, 0.2) is 35.3 Å². The number of halogens is 1. The van der Waals surface area contributed by atoms with Gasteiger partial charge in [0.15, 0.2) is 0 Å². The van der Waals surface area contributed by atoms with Crippen molar-refractivity contribution >= 4 is 39.1 Å². The molecular formula is C27H31ClN10O. The summed E-state index contributed by atoms with van der Waals surface area (Å²) in [5.41, 5.74) is 4.07. The van der Waals surface area contributed by atoms with Crippen LogP contribution in [0.1, 0.15) is 43.0 Å². The Balaban J connectivity index is 1.49. The molecule has 1 atom stereocenters. The molecular weight excluding hydrogens is 516 g/mol. The molecule has 0 aliphatic carbocycles. The van der Waals surface area contributed by atoms with E-state index in [2.05, 4.69) is 55.3 Å². The summed E-state index contributed by atoms with van der Waals surface area (Å²) in [4.78, 5) is 21.9. The second-order valence-corrected chi connectivity index (χ2v) is 10.9. The molecule has 0 bridgehead atoms. The Morgan fingerprint density at radius 2 is 1.87 bits per heavy atom. The monoisotopic (exact) mass is 546 g/mol. The number of aryl methyl sites for hydroxylation is 3. The maximum absolute atomic E-state index is 13.7. The van der Waals surface area contributed by atoms with Crippen LogP contribution in [0, 0.1) is 6.92 Å². The lowest BCUT2D eigenvalue weighted by Crippen LogP contribution is -2.32. The van der Waals surface area contributed by atoms with E-state index in [1.54, 1.807) is 17.7 Å². The molecule has 1 saturated heterocycles. The third kappa shape index (κ3) is 4.45. The van der Waals surface area contributed by atoms with Crippen LogP contribution in [-0.4, -0.2) is 64.6 Å². The van der Waals surface area contributed by atoms with Crippen molar-refractivity contribution in [3.05, 3.63) is 57.1 Å². The van der Waals surface area contributed by atoms with Gasteiger partial charge in [0.05, 0.1) is 25.0 Å². The maximum atomic E-state index is 13.7. The van der Waals surface area contributed by atoms with Crippen molar-refractivity contribution in [1.29, 1.82) is 0 Å². The van der Waals surface area contributed by atoms with Crippen molar-refractivity contribution in [3.8, 4) is 11.5 Å². The normalized spacial score (nSPS) is 15.8. The molecule has 0 saturated carbocycles. The Morgan fingerprint density at radius 1 is 1.10 bits per heavy atom. The van der Waals surface area contributed by atoms with Gasteiger partial charge in [0.2, 0.25) is 5.82 Å². The second kappa shape index (κ2) is 9.73. The smallest absolute Gasteiger partial charge is 0.259 e. The molecule has 0 amide bonds. The van der Waals surface area contributed by atoms with Gasteiger partial charge < -0.3 is 10.2 Å². The first-order valence-electron chi connectivity index (χ1n) is 13.1. The quantitative estimate of drug-likeness (QED) is 0.331. The fourth-order valence-electron chi connectivity index (χ4n) is 5.69. The number of fused-ring (bicyclic) bond motifs is 3. The number of rotatable bonds is 5. The van der Waals surface area contributed by atoms with Gasteiger partial charge in [0, 0.05) is 29.2 Å². The van der Waals surface area contributed by atoms with Crippen LogP contribution < -0.4 is 10.9 Å². The van der Waals surface area contributed by atoms with Gasteiger partial charge in [0.1, 0.15) is 16.5 Å². The fraction of sp³-hybridized carbons (Fsp3) is 0.407. The molecule has 1 aliphatic rings. The summed E-state index contributed by atoms with van der Waals surface area (Å²) in [7, 11) is 5.69. The molecule has 202 valence electrons. The van der Waals surface area contributed by atoms with Gasteiger partial charge in [-0.1, -0.05) is 17.7 Å². The highest BCUT2D eigenvalue weighted by molar-refractivity contribution is 6.29. The first-order chi connectivity index (χ1) is 18.7. The lowest BCUT2D eigenvalue weighted by molar-refractivity contribution is 0.214. The van der Waals surface area contributed by atoms with Crippen LogP contribution in [0.2, 0.25) is 5.15 Å². The van der Waals surface area contributed by atoms with E-state index in [0.717, 1.165) is 59.2 Å². The zero-order valence-corrected chi connectivity index (χ0v) is 23.4. The Bertz CT molecular complexity index is 1760. The number of aromatic nitrogens is 8. The van der Waals surface area contributed by atoms with Gasteiger partial charge in [-0.3, -0.25) is 9.36 Å². The number of benzene rings is 1. The molecule has 5 heterocycles. The molecule has 39 heavy (non-hydrogen) atoms. The van der Waals surface area contributed by atoms with Crippen molar-refractivity contribution in [2.45, 2.75) is 38.8 Å². The summed E-state index contributed by atoms with van der Waals surface area (Å²) < 4.78 is 3.82. The highest BCUT2D eigenvalue weighted by atomic mass is 35.5. The standard InChI is InChI=1S/C27H31ClN10O/c1-15-12-18(16(2)30-21-6-7-22(28)31-24(21)25-32-34-37(5)33-25)23-19(13-15)27(39)36(4)26-20(23)14-29-38(26)17-8-10-35(3)11-9-17/h6-7,12-14,16-17,30H,8-11H2,1-5H3. The predicted octanol–water partition coefficient (Wildman–Crippen LogP) is 3.88. The molecule has 1 N–H and O–H groups in total. The minimum absolute atomic E-state index is 0.0260. The molecule has 11 nitrogen and oxygen atoms in total. The van der Waals surface area contributed by atoms with Crippen molar-refractivity contribution in [1.82, 2.24) is 44.4 Å². The molecule has 1 aliphatic heterocycles. The van der Waals surface area contributed by atoms with Crippen LogP contribution in [0.3, 0.4) is 0 Å². The Labute approximate surface area is 230 Å². The minimum Gasteiger partial charge on any atom is -0.377 e. The van der Waals surface area contributed by atoms with Crippen molar-refractivity contribution in [3.63, 3.8) is 0 Å². The molecule has 4 aromatic heterocycles. The number of tetrazole rings is 1. The number of pyridine rings is 2. The van der Waals surface area contributed by atoms with Crippen LogP contribution >= 0.6 is 11.6 Å². The molecule has 1 fully saturated rings. The number of nitrogens with zero attached hydrogens (tertiary/aromatic N) is 9. The van der Waals surface area contributed by atoms with Gasteiger partial charge in [-0.05, 0) is 81.4 Å². The van der Waals surface area contributed by atoms with E-state index in [1.807, 2.05) is 32.3 Å². The number of hydrogen-bond donors (Lipinski definition) is 1. The topological polar surface area (TPSA) is 112 Å². The third-order valence-corrected chi connectivity index (χ3v) is 7.87. The summed E-state index contributed by atoms with van der Waals surface area (Å²) in [5.74, 6) is 0.375. The number of anilines is 1. The number of nitrogens with one attached hydrogen (secondary N) is 1. The summed E-state index contributed by atoms with van der Waals surface area (Å²) in [6, 6.07) is 7.77. The van der Waals surface area contributed by atoms with Crippen LogP contribution in [0.5, 0.6) is 0 Å². The van der Waals surface area contributed by atoms with Crippen LogP contribution in [0.4, 0.5) is 5.69 Å². The average molecular weight is 547 g/mol. The first-order valence-corrected chi connectivity index (χ1v) is 13.5. The zero-order chi connectivity index (χ0) is 27.4. The molecule has 1 aromatic carbocycles. The van der Waals surface area contributed by atoms with Gasteiger partial charge in [-0.25, -0.2) is 9.67 Å². The van der Waals surface area contributed by atoms with E-state index in [-0.39, 0.29) is 17.6 Å². The highest BCUT2D eigenvalue weighted by Gasteiger charge is 2.25. The van der Waals surface area contributed by atoms with E-state index in [0.29, 0.717) is 22.1 Å². The lowest BCUT2D eigenvalue weighted by Gasteiger charge is -2.29. The molecule has 0 radical (unpaired) electrons. The number of hydrogen-bond acceptors (Lipinski definition) is 8. The molecule has 12 heteroatoms. The Morgan fingerprint density at radius 3 is 2.59 bits per heavy atom. The highest BCUT2D eigenvalue weighted by Crippen LogP contribution is 2.35. The second-order valence-electron chi connectivity index (χ2n) is 10.5. The van der Waals surface area contributed by atoms with E-state index < -0.39 is 0 Å². The SMILES string of the molecule is Cc1cc(C(C)Nc2ccc(Cl)nc2-c2nnn(C)n2)c2c(c1)c(=O)n(C)c1c2cnn1C1CCN(C)CC1. The molecule has 0 spiro atoms. The van der Waals surface area contributed by atoms with E-state index in [1.165, 1.54) is 4.80 Å². The molecule has 1 unspecified atom stereocenters. The Hall–Kier alpha value is -3.83. The summed E-state index contributed by atoms with van der Waals surface area (Å²) in [6.07, 6.45) is 3.92. The largest absolute Gasteiger partial charge is 0.377 e. The van der Waals surface area contributed by atoms with Crippen molar-refractivity contribution in [2.24, 2.45) is 14.1 Å². The summed E-state index contributed by atoms with van der Waals surface area (Å²) in [5, 5.41) is 23.7.